The van der Waals surface area contributed by atoms with Crippen LogP contribution in [0.1, 0.15) is 26.3 Å². The first kappa shape index (κ1) is 22.3. The highest BCUT2D eigenvalue weighted by molar-refractivity contribution is 7.99. The molecule has 1 saturated heterocycles. The van der Waals surface area contributed by atoms with Gasteiger partial charge in [0.2, 0.25) is 5.91 Å². The zero-order chi connectivity index (χ0) is 22.4. The van der Waals surface area contributed by atoms with Crippen molar-refractivity contribution < 1.29 is 24.0 Å². The summed E-state index contributed by atoms with van der Waals surface area (Å²) in [4.78, 5) is 49.0. The van der Waals surface area contributed by atoms with Crippen molar-refractivity contribution in [2.75, 3.05) is 37.0 Å². The number of rotatable bonds is 6. The van der Waals surface area contributed by atoms with E-state index in [4.69, 9.17) is 0 Å². The van der Waals surface area contributed by atoms with Crippen LogP contribution in [-0.2, 0) is 16.0 Å². The number of methoxy groups -OCH3 is 1. The number of hydrogen-bond donors (Lipinski definition) is 1. The highest BCUT2D eigenvalue weighted by Crippen LogP contribution is 2.20. The van der Waals surface area contributed by atoms with Gasteiger partial charge in [0, 0.05) is 48.0 Å². The van der Waals surface area contributed by atoms with Crippen molar-refractivity contribution in [2.45, 2.75) is 6.42 Å². The molecule has 31 heavy (non-hydrogen) atoms. The minimum atomic E-state index is -0.779. The zero-order valence-corrected chi connectivity index (χ0v) is 17.6. The lowest BCUT2D eigenvalue weighted by molar-refractivity contribution is -0.384. The molecule has 2 aromatic rings. The van der Waals surface area contributed by atoms with Gasteiger partial charge in [-0.05, 0) is 23.8 Å². The lowest BCUT2D eigenvalue weighted by Crippen LogP contribution is -2.38. The number of nitrogens with one attached hydrogen (secondary N) is 1. The summed E-state index contributed by atoms with van der Waals surface area (Å²) in [5.41, 5.74) is 0.757. The Morgan fingerprint density at radius 1 is 1.10 bits per heavy atom. The van der Waals surface area contributed by atoms with Crippen LogP contribution in [0.5, 0.6) is 0 Å². The van der Waals surface area contributed by atoms with E-state index in [0.717, 1.165) is 49.4 Å². The van der Waals surface area contributed by atoms with Gasteiger partial charge in [-0.3, -0.25) is 19.7 Å². The summed E-state index contributed by atoms with van der Waals surface area (Å²) >= 11 is 1.84. The Bertz CT molecular complexity index is 1000. The fourth-order valence-electron chi connectivity index (χ4n) is 3.09. The van der Waals surface area contributed by atoms with Crippen LogP contribution in [-0.4, -0.2) is 59.3 Å². The molecule has 0 saturated carbocycles. The van der Waals surface area contributed by atoms with Crippen molar-refractivity contribution in [3.05, 3.63) is 69.3 Å². The first-order valence-corrected chi connectivity index (χ1v) is 10.7. The van der Waals surface area contributed by atoms with E-state index >= 15 is 0 Å². The number of amides is 2. The van der Waals surface area contributed by atoms with Gasteiger partial charge < -0.3 is 15.0 Å². The number of ether oxygens (including phenoxy) is 1. The van der Waals surface area contributed by atoms with E-state index in [1.165, 1.54) is 6.07 Å². The average Bonchev–Trinajstić information content (AvgIpc) is 2.79. The number of anilines is 1. The van der Waals surface area contributed by atoms with Crippen molar-refractivity contribution in [1.82, 2.24) is 4.90 Å². The molecule has 10 heteroatoms. The number of nitrogens with zero attached hydrogens (tertiary/aromatic N) is 2. The van der Waals surface area contributed by atoms with E-state index in [9.17, 15) is 24.5 Å². The molecule has 1 aliphatic rings. The molecule has 1 N–H and O–H groups in total. The number of non-ortho nitro benzene ring substituents is 1. The monoisotopic (exact) mass is 443 g/mol. The molecule has 0 radical (unpaired) electrons. The SMILES string of the molecule is COC(=O)c1cc(C(=O)Nc2ccc(CC(=O)N3CCSCC3)cc2)cc([N+](=O)[O-])c1. The van der Waals surface area contributed by atoms with Gasteiger partial charge in [-0.15, -0.1) is 0 Å². The topological polar surface area (TPSA) is 119 Å². The number of nitro groups is 1. The van der Waals surface area contributed by atoms with E-state index in [-0.39, 0.29) is 23.5 Å². The van der Waals surface area contributed by atoms with Crippen molar-refractivity contribution in [2.24, 2.45) is 0 Å². The second kappa shape index (κ2) is 10.1. The molecule has 2 amide bonds. The Kier molecular flexibility index (Phi) is 7.24. The number of carbonyl (C=O) groups excluding carboxylic acids is 3. The zero-order valence-electron chi connectivity index (χ0n) is 16.8. The molecular formula is C21H21N3O6S. The quantitative estimate of drug-likeness (QED) is 0.414. The van der Waals surface area contributed by atoms with Crippen LogP contribution in [0.3, 0.4) is 0 Å². The van der Waals surface area contributed by atoms with Crippen LogP contribution >= 0.6 is 11.8 Å². The molecule has 3 rings (SSSR count). The third kappa shape index (κ3) is 5.82. The smallest absolute Gasteiger partial charge is 0.338 e. The molecule has 0 atom stereocenters. The minimum absolute atomic E-state index is 0.0446. The predicted octanol–water partition coefficient (Wildman–Crippen LogP) is 2.75. The number of carbonyl (C=O) groups is 3. The van der Waals surface area contributed by atoms with Crippen LogP contribution in [0.15, 0.2) is 42.5 Å². The molecule has 162 valence electrons. The molecule has 0 unspecified atom stereocenters. The van der Waals surface area contributed by atoms with Crippen LogP contribution in [0.4, 0.5) is 11.4 Å². The van der Waals surface area contributed by atoms with E-state index in [1.54, 1.807) is 24.3 Å². The second-order valence-corrected chi connectivity index (χ2v) is 8.06. The lowest BCUT2D eigenvalue weighted by atomic mass is 10.1. The maximum absolute atomic E-state index is 12.6. The Hall–Kier alpha value is -3.40. The van der Waals surface area contributed by atoms with Crippen LogP contribution in [0.25, 0.3) is 0 Å². The number of esters is 1. The summed E-state index contributed by atoms with van der Waals surface area (Å²) in [5, 5.41) is 13.8. The highest BCUT2D eigenvalue weighted by atomic mass is 32.2. The van der Waals surface area contributed by atoms with Crippen molar-refractivity contribution in [3.8, 4) is 0 Å². The standard InChI is InChI=1S/C21H21N3O6S/c1-30-21(27)16-11-15(12-18(13-16)24(28)29)20(26)22-17-4-2-14(3-5-17)10-19(25)23-6-8-31-9-7-23/h2-5,11-13H,6-10H2,1H3,(H,22,26). The normalized spacial score (nSPS) is 13.4. The summed E-state index contributed by atoms with van der Waals surface area (Å²) in [5.74, 6) is 0.588. The van der Waals surface area contributed by atoms with Crippen LogP contribution < -0.4 is 5.32 Å². The van der Waals surface area contributed by atoms with Gasteiger partial charge in [0.25, 0.3) is 11.6 Å². The van der Waals surface area contributed by atoms with Gasteiger partial charge >= 0.3 is 5.97 Å². The Morgan fingerprint density at radius 2 is 1.74 bits per heavy atom. The third-order valence-electron chi connectivity index (χ3n) is 4.74. The molecule has 0 aliphatic carbocycles. The van der Waals surface area contributed by atoms with Crippen molar-refractivity contribution >= 4 is 40.9 Å². The fraction of sp³-hybridized carbons (Fsp3) is 0.286. The molecule has 0 spiro atoms. The molecule has 1 heterocycles. The molecule has 0 bridgehead atoms. The summed E-state index contributed by atoms with van der Waals surface area (Å²) in [7, 11) is 1.15. The first-order valence-electron chi connectivity index (χ1n) is 9.51. The Labute approximate surface area is 182 Å². The third-order valence-corrected chi connectivity index (χ3v) is 5.69. The van der Waals surface area contributed by atoms with Gasteiger partial charge in [-0.25, -0.2) is 4.79 Å². The van der Waals surface area contributed by atoms with Gasteiger partial charge in [0.1, 0.15) is 0 Å². The molecule has 0 aromatic heterocycles. The maximum Gasteiger partial charge on any atom is 0.338 e. The summed E-state index contributed by atoms with van der Waals surface area (Å²) in [6, 6.07) is 10.2. The summed E-state index contributed by atoms with van der Waals surface area (Å²) < 4.78 is 4.59. The largest absolute Gasteiger partial charge is 0.465 e. The molecule has 9 nitrogen and oxygen atoms in total. The molecule has 1 aliphatic heterocycles. The number of thioether (sulfide) groups is 1. The van der Waals surface area contributed by atoms with E-state index in [2.05, 4.69) is 10.1 Å². The van der Waals surface area contributed by atoms with E-state index < -0.39 is 22.5 Å². The average molecular weight is 443 g/mol. The number of nitro benzene ring substituents is 1. The van der Waals surface area contributed by atoms with Crippen molar-refractivity contribution in [3.63, 3.8) is 0 Å². The predicted molar refractivity (Wildman–Crippen MR) is 116 cm³/mol. The Morgan fingerprint density at radius 3 is 2.35 bits per heavy atom. The van der Waals surface area contributed by atoms with Crippen LogP contribution in [0.2, 0.25) is 0 Å². The lowest BCUT2D eigenvalue weighted by Gasteiger charge is -2.26. The maximum atomic E-state index is 12.6. The van der Waals surface area contributed by atoms with Crippen LogP contribution in [0, 0.1) is 10.1 Å². The molecular weight excluding hydrogens is 422 g/mol. The first-order chi connectivity index (χ1) is 14.9. The summed E-state index contributed by atoms with van der Waals surface area (Å²) in [6.07, 6.45) is 0.284. The van der Waals surface area contributed by atoms with Crippen molar-refractivity contribution in [1.29, 1.82) is 0 Å². The Balaban J connectivity index is 1.69. The van der Waals surface area contributed by atoms with Gasteiger partial charge in [-0.1, -0.05) is 12.1 Å². The number of hydrogen-bond acceptors (Lipinski definition) is 7. The summed E-state index contributed by atoms with van der Waals surface area (Å²) in [6.45, 7) is 1.52. The molecule has 2 aromatic carbocycles. The minimum Gasteiger partial charge on any atom is -0.465 e. The highest BCUT2D eigenvalue weighted by Gasteiger charge is 2.19. The van der Waals surface area contributed by atoms with E-state index in [1.807, 2.05) is 16.7 Å². The second-order valence-electron chi connectivity index (χ2n) is 6.84. The molecule has 1 fully saturated rings. The van der Waals surface area contributed by atoms with Gasteiger partial charge in [0.15, 0.2) is 0 Å². The fourth-order valence-corrected chi connectivity index (χ4v) is 3.99. The number of benzene rings is 2. The van der Waals surface area contributed by atoms with Gasteiger partial charge in [0.05, 0.1) is 24.0 Å². The van der Waals surface area contributed by atoms with Gasteiger partial charge in [-0.2, -0.15) is 11.8 Å². The van der Waals surface area contributed by atoms with E-state index in [0.29, 0.717) is 5.69 Å².